The number of para-hydroxylation sites is 1. The summed E-state index contributed by atoms with van der Waals surface area (Å²) in [4.78, 5) is 25.9. The summed E-state index contributed by atoms with van der Waals surface area (Å²) in [5.41, 5.74) is 5.50. The van der Waals surface area contributed by atoms with E-state index in [4.69, 9.17) is 10.5 Å². The van der Waals surface area contributed by atoms with Crippen LogP contribution in [0.4, 0.5) is 4.79 Å². The van der Waals surface area contributed by atoms with E-state index in [9.17, 15) is 9.59 Å². The van der Waals surface area contributed by atoms with E-state index in [1.807, 2.05) is 30.3 Å². The Morgan fingerprint density at radius 2 is 1.83 bits per heavy atom. The number of carbonyl (C=O) groups excluding carboxylic acids is 2. The fourth-order valence-corrected chi connectivity index (χ4v) is 3.57. The standard InChI is InChI=1S/C18H25N3O3/c19-17(22)16-11-15(24-14-9-5-2-6-10-14)12-21(16)18(23)20-13-7-3-1-4-8-13/h2,5-6,9-10,13,15-16H,1,3-4,7-8,11-12H2,(H2,19,22)(H,20,23)/t15-,16-/m0/s1. The second kappa shape index (κ2) is 7.55. The number of hydrogen-bond donors (Lipinski definition) is 2. The number of nitrogens with one attached hydrogen (secondary N) is 1. The Hall–Kier alpha value is -2.24. The summed E-state index contributed by atoms with van der Waals surface area (Å²) in [5.74, 6) is 0.258. The van der Waals surface area contributed by atoms with Gasteiger partial charge in [0.25, 0.3) is 0 Å². The number of nitrogens with two attached hydrogens (primary N) is 1. The number of primary amides is 1. The quantitative estimate of drug-likeness (QED) is 0.885. The lowest BCUT2D eigenvalue weighted by molar-refractivity contribution is -0.121. The molecule has 0 spiro atoms. The van der Waals surface area contributed by atoms with Crippen molar-refractivity contribution >= 4 is 11.9 Å². The number of ether oxygens (including phenoxy) is 1. The normalized spacial score (nSPS) is 24.6. The zero-order valence-electron chi connectivity index (χ0n) is 13.8. The van der Waals surface area contributed by atoms with Crippen molar-refractivity contribution in [2.75, 3.05) is 6.54 Å². The molecule has 6 nitrogen and oxygen atoms in total. The summed E-state index contributed by atoms with van der Waals surface area (Å²) in [6, 6.07) is 8.82. The van der Waals surface area contributed by atoms with Crippen molar-refractivity contribution in [3.8, 4) is 5.75 Å². The SMILES string of the molecule is NC(=O)[C@@H]1C[C@H](Oc2ccccc2)CN1C(=O)NC1CCCCC1. The van der Waals surface area contributed by atoms with Gasteiger partial charge in [0.15, 0.2) is 0 Å². The molecule has 3 N–H and O–H groups in total. The maximum absolute atomic E-state index is 12.6. The molecule has 0 unspecified atom stereocenters. The lowest BCUT2D eigenvalue weighted by Gasteiger charge is -2.28. The zero-order valence-corrected chi connectivity index (χ0v) is 13.8. The summed E-state index contributed by atoms with van der Waals surface area (Å²) in [5, 5.41) is 3.05. The molecule has 1 aromatic rings. The largest absolute Gasteiger partial charge is 0.488 e. The van der Waals surface area contributed by atoms with Crippen LogP contribution in [0.25, 0.3) is 0 Å². The molecule has 1 aliphatic carbocycles. The first-order chi connectivity index (χ1) is 11.6. The summed E-state index contributed by atoms with van der Waals surface area (Å²) in [6.45, 7) is 0.376. The van der Waals surface area contributed by atoms with Crippen LogP contribution in [0.5, 0.6) is 5.75 Å². The van der Waals surface area contributed by atoms with Crippen LogP contribution < -0.4 is 15.8 Å². The first-order valence-corrected chi connectivity index (χ1v) is 8.71. The predicted octanol–water partition coefficient (Wildman–Crippen LogP) is 2.04. The highest BCUT2D eigenvalue weighted by Gasteiger charge is 2.40. The Balaban J connectivity index is 1.62. The van der Waals surface area contributed by atoms with Gasteiger partial charge in [-0.2, -0.15) is 0 Å². The van der Waals surface area contributed by atoms with Crippen molar-refractivity contribution in [2.24, 2.45) is 5.73 Å². The smallest absolute Gasteiger partial charge is 0.318 e. The van der Waals surface area contributed by atoms with Crippen LogP contribution in [-0.4, -0.2) is 41.6 Å². The van der Waals surface area contributed by atoms with Crippen LogP contribution in [0, 0.1) is 0 Å². The Morgan fingerprint density at radius 3 is 2.50 bits per heavy atom. The van der Waals surface area contributed by atoms with Gasteiger partial charge in [0, 0.05) is 12.5 Å². The van der Waals surface area contributed by atoms with E-state index in [0.29, 0.717) is 13.0 Å². The average Bonchev–Trinajstić information content (AvgIpc) is 3.01. The molecule has 0 radical (unpaired) electrons. The van der Waals surface area contributed by atoms with Crippen molar-refractivity contribution in [2.45, 2.75) is 56.7 Å². The third-order valence-corrected chi connectivity index (χ3v) is 4.83. The molecule has 24 heavy (non-hydrogen) atoms. The predicted molar refractivity (Wildman–Crippen MR) is 90.6 cm³/mol. The molecule has 1 heterocycles. The molecule has 1 saturated carbocycles. The molecule has 3 rings (SSSR count). The lowest BCUT2D eigenvalue weighted by atomic mass is 9.96. The van der Waals surface area contributed by atoms with E-state index in [0.717, 1.165) is 31.4 Å². The molecule has 2 fully saturated rings. The molecular weight excluding hydrogens is 306 g/mol. The van der Waals surface area contributed by atoms with Gasteiger partial charge >= 0.3 is 6.03 Å². The Labute approximate surface area is 142 Å². The van der Waals surface area contributed by atoms with E-state index in [-0.39, 0.29) is 18.2 Å². The molecule has 6 heteroatoms. The molecule has 0 aromatic heterocycles. The first-order valence-electron chi connectivity index (χ1n) is 8.71. The highest BCUT2D eigenvalue weighted by molar-refractivity contribution is 5.86. The van der Waals surface area contributed by atoms with Gasteiger partial charge in [0.1, 0.15) is 17.9 Å². The number of nitrogens with zero attached hydrogens (tertiary/aromatic N) is 1. The van der Waals surface area contributed by atoms with Gasteiger partial charge in [0.2, 0.25) is 5.91 Å². The van der Waals surface area contributed by atoms with Crippen molar-refractivity contribution in [1.82, 2.24) is 10.2 Å². The second-order valence-corrected chi connectivity index (χ2v) is 6.64. The van der Waals surface area contributed by atoms with Gasteiger partial charge < -0.3 is 20.7 Å². The first kappa shape index (κ1) is 16.6. The van der Waals surface area contributed by atoms with Gasteiger partial charge in [-0.1, -0.05) is 37.5 Å². The Morgan fingerprint density at radius 1 is 1.12 bits per heavy atom. The highest BCUT2D eigenvalue weighted by Crippen LogP contribution is 2.24. The fraction of sp³-hybridized carbons (Fsp3) is 0.556. The van der Waals surface area contributed by atoms with Crippen molar-refractivity contribution < 1.29 is 14.3 Å². The van der Waals surface area contributed by atoms with Crippen LogP contribution in [0.1, 0.15) is 38.5 Å². The molecule has 130 valence electrons. The van der Waals surface area contributed by atoms with E-state index >= 15 is 0 Å². The van der Waals surface area contributed by atoms with Crippen molar-refractivity contribution in [3.05, 3.63) is 30.3 Å². The second-order valence-electron chi connectivity index (χ2n) is 6.64. The molecule has 2 aliphatic rings. The molecular formula is C18H25N3O3. The topological polar surface area (TPSA) is 84.7 Å². The minimum atomic E-state index is -0.609. The molecule has 1 aromatic carbocycles. The maximum Gasteiger partial charge on any atom is 0.318 e. The monoisotopic (exact) mass is 331 g/mol. The van der Waals surface area contributed by atoms with Crippen LogP contribution in [0.2, 0.25) is 0 Å². The number of amides is 3. The maximum atomic E-state index is 12.6. The summed E-state index contributed by atoms with van der Waals surface area (Å²) in [6.07, 6.45) is 5.74. The third kappa shape index (κ3) is 3.99. The van der Waals surface area contributed by atoms with E-state index in [2.05, 4.69) is 5.32 Å². The number of urea groups is 1. The zero-order chi connectivity index (χ0) is 16.9. The fourth-order valence-electron chi connectivity index (χ4n) is 3.57. The average molecular weight is 331 g/mol. The summed E-state index contributed by atoms with van der Waals surface area (Å²) in [7, 11) is 0. The van der Waals surface area contributed by atoms with E-state index in [1.54, 1.807) is 0 Å². The van der Waals surface area contributed by atoms with Crippen molar-refractivity contribution in [3.63, 3.8) is 0 Å². The molecule has 0 bridgehead atoms. The molecule has 3 amide bonds. The molecule has 1 saturated heterocycles. The third-order valence-electron chi connectivity index (χ3n) is 4.83. The van der Waals surface area contributed by atoms with Gasteiger partial charge in [-0.05, 0) is 25.0 Å². The Bertz CT molecular complexity index is 572. The molecule has 1 aliphatic heterocycles. The number of benzene rings is 1. The van der Waals surface area contributed by atoms with Crippen LogP contribution in [-0.2, 0) is 4.79 Å². The van der Waals surface area contributed by atoms with Crippen LogP contribution in [0.3, 0.4) is 0 Å². The lowest BCUT2D eigenvalue weighted by Crippen LogP contribution is -2.51. The number of rotatable bonds is 4. The van der Waals surface area contributed by atoms with Gasteiger partial charge in [-0.15, -0.1) is 0 Å². The van der Waals surface area contributed by atoms with Gasteiger partial charge in [0.05, 0.1) is 6.54 Å². The minimum absolute atomic E-state index is 0.203. The van der Waals surface area contributed by atoms with E-state index < -0.39 is 11.9 Å². The number of hydrogen-bond acceptors (Lipinski definition) is 3. The molecule has 2 atom stereocenters. The summed E-state index contributed by atoms with van der Waals surface area (Å²) >= 11 is 0. The Kier molecular flexibility index (Phi) is 5.23. The van der Waals surface area contributed by atoms with Gasteiger partial charge in [-0.25, -0.2) is 4.79 Å². The number of likely N-dealkylation sites (tertiary alicyclic amines) is 1. The summed E-state index contributed by atoms with van der Waals surface area (Å²) < 4.78 is 5.90. The minimum Gasteiger partial charge on any atom is -0.488 e. The van der Waals surface area contributed by atoms with Crippen LogP contribution in [0.15, 0.2) is 30.3 Å². The van der Waals surface area contributed by atoms with Crippen LogP contribution >= 0.6 is 0 Å². The highest BCUT2D eigenvalue weighted by atomic mass is 16.5. The van der Waals surface area contributed by atoms with E-state index in [1.165, 1.54) is 11.3 Å². The van der Waals surface area contributed by atoms with Gasteiger partial charge in [-0.3, -0.25) is 4.79 Å². The van der Waals surface area contributed by atoms with Crippen molar-refractivity contribution in [1.29, 1.82) is 0 Å². The number of carbonyl (C=O) groups is 2.